The van der Waals surface area contributed by atoms with E-state index < -0.39 is 137 Å². The molecule has 6 amide bonds. The molecule has 1 heterocycles. The Morgan fingerprint density at radius 1 is 0.566 bits per heavy atom. The molecular weight excluding hydrogens is 1030 g/mol. The Morgan fingerprint density at radius 3 is 1.54 bits per heavy atom. The molecule has 0 saturated heterocycles. The Bertz CT molecular complexity index is 3080. The number of carbonyl (C=O) groups is 9. The summed E-state index contributed by atoms with van der Waals surface area (Å²) in [5.41, 5.74) is 0.376. The Hall–Kier alpha value is -7.96. The van der Waals surface area contributed by atoms with Crippen molar-refractivity contribution >= 4 is 95.7 Å². The molecule has 5 aromatic rings. The first-order valence-electron chi connectivity index (χ1n) is 23.8. The highest BCUT2D eigenvalue weighted by molar-refractivity contribution is 7.85. The van der Waals surface area contributed by atoms with Crippen molar-refractivity contribution in [3.63, 3.8) is 0 Å². The third-order valence-electron chi connectivity index (χ3n) is 11.7. The van der Waals surface area contributed by atoms with Crippen LogP contribution in [0.3, 0.4) is 0 Å². The van der Waals surface area contributed by atoms with Crippen LogP contribution in [-0.4, -0.2) is 124 Å². The van der Waals surface area contributed by atoms with Gasteiger partial charge in [-0.05, 0) is 90.4 Å². The van der Waals surface area contributed by atoms with Crippen LogP contribution in [-0.2, 0) is 67.1 Å². The molecule has 0 fully saturated rings. The van der Waals surface area contributed by atoms with Crippen LogP contribution in [0.25, 0.3) is 20.9 Å². The number of ether oxygens (including phenoxy) is 1. The van der Waals surface area contributed by atoms with Gasteiger partial charge in [-0.1, -0.05) is 72.8 Å². The molecule has 76 heavy (non-hydrogen) atoms. The Morgan fingerprint density at radius 2 is 1.03 bits per heavy atom. The molecule has 406 valence electrons. The number of amides is 6. The van der Waals surface area contributed by atoms with Gasteiger partial charge in [0.25, 0.3) is 16.0 Å². The second kappa shape index (κ2) is 26.5. The number of aliphatic carboxylic acids is 3. The van der Waals surface area contributed by atoms with Gasteiger partial charge in [0.15, 0.2) is 0 Å². The van der Waals surface area contributed by atoms with Crippen molar-refractivity contribution in [3.05, 3.63) is 113 Å². The third-order valence-corrected chi connectivity index (χ3v) is 13.4. The number of rotatable bonds is 27. The fourth-order valence-electron chi connectivity index (χ4n) is 8.09. The summed E-state index contributed by atoms with van der Waals surface area (Å²) in [7, 11) is -3.07. The number of carboxylic acid groups (broad SMARTS) is 3. The minimum absolute atomic E-state index is 0.0393. The normalized spacial score (nSPS) is 13.5. The summed E-state index contributed by atoms with van der Waals surface area (Å²) < 4.78 is 38.8. The number of nitrogens with one attached hydrogen (secondary N) is 6. The molecule has 4 aromatic carbocycles. The van der Waals surface area contributed by atoms with Crippen LogP contribution in [0.2, 0.25) is 0 Å². The molecule has 1 aromatic heterocycles. The van der Waals surface area contributed by atoms with E-state index in [0.717, 1.165) is 10.1 Å². The van der Waals surface area contributed by atoms with Crippen molar-refractivity contribution < 1.29 is 76.2 Å². The molecule has 10 N–H and O–H groups in total. The molecule has 0 saturated carbocycles. The van der Waals surface area contributed by atoms with Gasteiger partial charge < -0.3 is 52.0 Å². The molecule has 0 aliphatic carbocycles. The highest BCUT2D eigenvalue weighted by Gasteiger charge is 2.35. The smallest absolute Gasteiger partial charge is 0.303 e. The van der Waals surface area contributed by atoms with Gasteiger partial charge in [0.1, 0.15) is 41.7 Å². The standard InChI is InChI=1S/C52H60N6O16S2/c1-52(2,3)58-50(69)37(20-24-44(63)64)55-49(68)39(26-32-27-75-41-12-8-7-10-33(32)41)56-47(66)36(19-23-43(61)62)53-46(65)35(18-22-42(59)60)54-48(67)38(25-29-13-15-30(16-14-29)28-76(71,72)73)57-51(70)45-34-11-6-5-9-31(34)17-21-40(45)74-4/h5-17,21,27,35-39H,18-20,22-26,28H2,1-4H3,(H,53,65)(H,54,67)(H,55,68)(H,56,66)(H,57,70)(H,58,69)(H,59,60)(H,61,62)(H,63,64)(H,71,72,73)/t35-,36-,37-,38-,39-/m0/s1. The van der Waals surface area contributed by atoms with Gasteiger partial charge in [-0.25, -0.2) is 0 Å². The number of thiophene rings is 1. The summed E-state index contributed by atoms with van der Waals surface area (Å²) in [5.74, 6) is -10.3. The molecule has 22 nitrogen and oxygen atoms in total. The number of carbonyl (C=O) groups excluding carboxylic acids is 6. The monoisotopic (exact) mass is 1090 g/mol. The summed E-state index contributed by atoms with van der Waals surface area (Å²) in [5, 5.41) is 47.9. The number of benzene rings is 4. The van der Waals surface area contributed by atoms with Crippen molar-refractivity contribution in [3.8, 4) is 5.75 Å². The number of methoxy groups -OCH3 is 1. The molecule has 0 aliphatic rings. The Labute approximate surface area is 441 Å². The largest absolute Gasteiger partial charge is 0.496 e. The number of hydrogen-bond donors (Lipinski definition) is 10. The van der Waals surface area contributed by atoms with Crippen LogP contribution < -0.4 is 36.6 Å². The molecule has 5 rings (SSSR count). The summed E-state index contributed by atoms with van der Waals surface area (Å²) in [4.78, 5) is 121. The zero-order chi connectivity index (χ0) is 55.9. The third kappa shape index (κ3) is 17.9. The van der Waals surface area contributed by atoms with Crippen LogP contribution in [0.1, 0.15) is 86.3 Å². The maximum absolute atomic E-state index is 14.5. The van der Waals surface area contributed by atoms with Crippen LogP contribution in [0, 0.1) is 0 Å². The quantitative estimate of drug-likeness (QED) is 0.0337. The van der Waals surface area contributed by atoms with Crippen molar-refractivity contribution in [2.45, 2.75) is 114 Å². The average Bonchev–Trinajstić information content (AvgIpc) is 3.76. The van der Waals surface area contributed by atoms with E-state index in [2.05, 4.69) is 31.9 Å². The van der Waals surface area contributed by atoms with Gasteiger partial charge in [0, 0.05) is 42.3 Å². The SMILES string of the molecule is COc1ccc2ccccc2c1C(=O)N[C@@H](Cc1ccc(CS(=O)(=O)O)cc1)C(=O)N[C@@H](CCC(=O)O)C(=O)N[C@@H](CCC(=O)O)C(=O)N[C@@H](Cc1csc2ccccc12)C(=O)N[C@@H](CCC(=O)O)C(=O)NC(C)(C)C. The molecular formula is C52H60N6O16S2. The summed E-state index contributed by atoms with van der Waals surface area (Å²) in [6.07, 6.45) is -3.96. The van der Waals surface area contributed by atoms with Crippen LogP contribution >= 0.6 is 11.3 Å². The van der Waals surface area contributed by atoms with E-state index in [9.17, 15) is 71.4 Å². The highest BCUT2D eigenvalue weighted by atomic mass is 32.2. The highest BCUT2D eigenvalue weighted by Crippen LogP contribution is 2.29. The minimum atomic E-state index is -4.41. The van der Waals surface area contributed by atoms with Gasteiger partial charge >= 0.3 is 17.9 Å². The van der Waals surface area contributed by atoms with Crippen LogP contribution in [0.5, 0.6) is 5.75 Å². The maximum atomic E-state index is 14.5. The lowest BCUT2D eigenvalue weighted by atomic mass is 10.00. The average molecular weight is 1090 g/mol. The van der Waals surface area contributed by atoms with Gasteiger partial charge in [-0.3, -0.25) is 47.7 Å². The van der Waals surface area contributed by atoms with E-state index in [4.69, 9.17) is 4.74 Å². The van der Waals surface area contributed by atoms with E-state index >= 15 is 0 Å². The summed E-state index contributed by atoms with van der Waals surface area (Å²) in [6, 6.07) is 14.9. The Balaban J connectivity index is 1.47. The lowest BCUT2D eigenvalue weighted by molar-refractivity contribution is -0.140. The number of hydrogen-bond acceptors (Lipinski definition) is 13. The predicted octanol–water partition coefficient (Wildman–Crippen LogP) is 3.48. The van der Waals surface area contributed by atoms with Crippen molar-refractivity contribution in [2.75, 3.05) is 7.11 Å². The zero-order valence-corrected chi connectivity index (χ0v) is 43.5. The zero-order valence-electron chi connectivity index (χ0n) is 41.9. The molecule has 24 heteroatoms. The first kappa shape index (κ1) is 58.9. The van der Waals surface area contributed by atoms with E-state index in [1.165, 1.54) is 42.7 Å². The summed E-state index contributed by atoms with van der Waals surface area (Å²) >= 11 is 1.34. The molecule has 0 bridgehead atoms. The van der Waals surface area contributed by atoms with Crippen LogP contribution in [0.15, 0.2) is 90.3 Å². The molecule has 0 spiro atoms. The fourth-order valence-corrected chi connectivity index (χ4v) is 9.68. The van der Waals surface area contributed by atoms with Crippen LogP contribution in [0.4, 0.5) is 0 Å². The minimum Gasteiger partial charge on any atom is -0.496 e. The van der Waals surface area contributed by atoms with E-state index in [1.807, 2.05) is 6.07 Å². The molecule has 0 unspecified atom stereocenters. The molecule has 5 atom stereocenters. The molecule has 0 radical (unpaired) electrons. The second-order valence-electron chi connectivity index (χ2n) is 18.9. The van der Waals surface area contributed by atoms with E-state index in [0.29, 0.717) is 21.9 Å². The maximum Gasteiger partial charge on any atom is 0.303 e. The summed E-state index contributed by atoms with van der Waals surface area (Å²) in [6.45, 7) is 5.03. The fraction of sp³-hybridized carbons (Fsp3) is 0.365. The Kier molecular flexibility index (Phi) is 20.5. The topological polar surface area (TPSA) is 350 Å². The van der Waals surface area contributed by atoms with Gasteiger partial charge in [0.2, 0.25) is 29.5 Å². The van der Waals surface area contributed by atoms with Gasteiger partial charge in [-0.2, -0.15) is 8.42 Å². The van der Waals surface area contributed by atoms with Crippen molar-refractivity contribution in [1.29, 1.82) is 0 Å². The van der Waals surface area contributed by atoms with E-state index in [-0.39, 0.29) is 36.1 Å². The second-order valence-corrected chi connectivity index (χ2v) is 21.2. The number of carboxylic acids is 3. The van der Waals surface area contributed by atoms with Crippen molar-refractivity contribution in [1.82, 2.24) is 31.9 Å². The molecule has 0 aliphatic heterocycles. The van der Waals surface area contributed by atoms with Crippen molar-refractivity contribution in [2.24, 2.45) is 0 Å². The van der Waals surface area contributed by atoms with Gasteiger partial charge in [0.05, 0.1) is 12.7 Å². The predicted molar refractivity (Wildman–Crippen MR) is 279 cm³/mol. The lowest BCUT2D eigenvalue weighted by Crippen LogP contribution is -2.60. The lowest BCUT2D eigenvalue weighted by Gasteiger charge is -2.28. The first-order chi connectivity index (χ1) is 35.8. The van der Waals surface area contributed by atoms with E-state index in [1.54, 1.807) is 80.7 Å². The first-order valence-corrected chi connectivity index (χ1v) is 26.3. The van der Waals surface area contributed by atoms with Gasteiger partial charge in [-0.15, -0.1) is 11.3 Å². The number of fused-ring (bicyclic) bond motifs is 2.